The lowest BCUT2D eigenvalue weighted by molar-refractivity contribution is -0.126. The van der Waals surface area contributed by atoms with Gasteiger partial charge in [0.2, 0.25) is 5.91 Å². The lowest BCUT2D eigenvalue weighted by Gasteiger charge is -2.30. The van der Waals surface area contributed by atoms with Gasteiger partial charge in [-0.05, 0) is 26.2 Å². The first-order valence-corrected chi connectivity index (χ1v) is 6.99. The first-order chi connectivity index (χ1) is 6.99. The zero-order chi connectivity index (χ0) is 11.9. The van der Waals surface area contributed by atoms with Crippen LogP contribution < -0.4 is 5.32 Å². The molecule has 0 spiro atoms. The molecule has 0 rings (SSSR count). The third kappa shape index (κ3) is 5.55. The van der Waals surface area contributed by atoms with Gasteiger partial charge in [0.25, 0.3) is 0 Å². The van der Waals surface area contributed by atoms with Crippen molar-refractivity contribution in [2.75, 3.05) is 5.33 Å². The van der Waals surface area contributed by atoms with Gasteiger partial charge in [0.05, 0.1) is 0 Å². The number of carbonyl (C=O) groups is 1. The SMILES string of the molecule is CCCC(C)C(=O)NC(C)(CC)CCBr. The highest BCUT2D eigenvalue weighted by Crippen LogP contribution is 2.17. The van der Waals surface area contributed by atoms with Gasteiger partial charge in [-0.25, -0.2) is 0 Å². The fourth-order valence-electron chi connectivity index (χ4n) is 1.52. The Kier molecular flexibility index (Phi) is 7.24. The minimum Gasteiger partial charge on any atom is -0.351 e. The number of rotatable bonds is 7. The summed E-state index contributed by atoms with van der Waals surface area (Å²) in [5, 5.41) is 4.09. The fourth-order valence-corrected chi connectivity index (χ4v) is 2.40. The number of hydrogen-bond acceptors (Lipinski definition) is 1. The Morgan fingerprint density at radius 1 is 1.47 bits per heavy atom. The molecule has 0 aromatic carbocycles. The van der Waals surface area contributed by atoms with E-state index in [1.165, 1.54) is 0 Å². The monoisotopic (exact) mass is 277 g/mol. The summed E-state index contributed by atoms with van der Waals surface area (Å²) in [6, 6.07) is 0. The molecule has 2 atom stereocenters. The molecule has 0 aliphatic rings. The Balaban J connectivity index is 4.22. The van der Waals surface area contributed by atoms with Crippen LogP contribution in [-0.4, -0.2) is 16.8 Å². The smallest absolute Gasteiger partial charge is 0.223 e. The van der Waals surface area contributed by atoms with E-state index in [2.05, 4.69) is 42.0 Å². The van der Waals surface area contributed by atoms with Crippen molar-refractivity contribution in [3.63, 3.8) is 0 Å². The van der Waals surface area contributed by atoms with Crippen LogP contribution in [-0.2, 0) is 4.79 Å². The first-order valence-electron chi connectivity index (χ1n) is 5.87. The quantitative estimate of drug-likeness (QED) is 0.710. The Bertz CT molecular complexity index is 196. The van der Waals surface area contributed by atoms with E-state index in [1.54, 1.807) is 0 Å². The van der Waals surface area contributed by atoms with Crippen molar-refractivity contribution in [2.45, 2.75) is 58.9 Å². The molecule has 3 heteroatoms. The van der Waals surface area contributed by atoms with Crippen LogP contribution >= 0.6 is 15.9 Å². The highest BCUT2D eigenvalue weighted by atomic mass is 79.9. The average molecular weight is 278 g/mol. The van der Waals surface area contributed by atoms with Crippen LogP contribution in [0.4, 0.5) is 0 Å². The molecule has 0 aliphatic heterocycles. The summed E-state index contributed by atoms with van der Waals surface area (Å²) in [7, 11) is 0. The molecule has 90 valence electrons. The van der Waals surface area contributed by atoms with E-state index < -0.39 is 0 Å². The van der Waals surface area contributed by atoms with Crippen LogP contribution in [0.1, 0.15) is 53.4 Å². The van der Waals surface area contributed by atoms with E-state index in [0.717, 1.165) is 31.0 Å². The maximum Gasteiger partial charge on any atom is 0.223 e. The lowest BCUT2D eigenvalue weighted by atomic mass is 9.94. The van der Waals surface area contributed by atoms with Gasteiger partial charge in [-0.1, -0.05) is 43.1 Å². The number of hydrogen-bond donors (Lipinski definition) is 1. The topological polar surface area (TPSA) is 29.1 Å². The van der Waals surface area contributed by atoms with E-state index in [4.69, 9.17) is 0 Å². The van der Waals surface area contributed by atoms with Gasteiger partial charge in [-0.3, -0.25) is 4.79 Å². The summed E-state index contributed by atoms with van der Waals surface area (Å²) in [4.78, 5) is 11.9. The van der Waals surface area contributed by atoms with Crippen molar-refractivity contribution in [1.82, 2.24) is 5.32 Å². The minimum absolute atomic E-state index is 0.0530. The molecule has 2 nitrogen and oxygen atoms in total. The van der Waals surface area contributed by atoms with Crippen LogP contribution in [0.25, 0.3) is 0 Å². The predicted molar refractivity (Wildman–Crippen MR) is 69.3 cm³/mol. The first kappa shape index (κ1) is 14.9. The Morgan fingerprint density at radius 3 is 2.47 bits per heavy atom. The summed E-state index contributed by atoms with van der Waals surface area (Å²) < 4.78 is 0. The molecule has 1 amide bonds. The number of carbonyl (C=O) groups excluding carboxylic acids is 1. The molecule has 0 fully saturated rings. The van der Waals surface area contributed by atoms with Crippen LogP contribution in [0.15, 0.2) is 0 Å². The zero-order valence-electron chi connectivity index (χ0n) is 10.4. The predicted octanol–water partition coefficient (Wildman–Crippen LogP) is 3.49. The second-order valence-corrected chi connectivity index (χ2v) is 5.33. The van der Waals surface area contributed by atoms with E-state index in [-0.39, 0.29) is 17.4 Å². The molecule has 0 saturated heterocycles. The molecular formula is C12H24BrNO. The average Bonchev–Trinajstić information content (AvgIpc) is 2.18. The summed E-state index contributed by atoms with van der Waals surface area (Å²) in [6.45, 7) is 8.35. The van der Waals surface area contributed by atoms with Gasteiger partial charge < -0.3 is 5.32 Å². The molecule has 0 saturated carbocycles. The van der Waals surface area contributed by atoms with Crippen molar-refractivity contribution in [3.05, 3.63) is 0 Å². The summed E-state index contributed by atoms with van der Waals surface area (Å²) in [5.74, 6) is 0.332. The van der Waals surface area contributed by atoms with Crippen molar-refractivity contribution in [3.8, 4) is 0 Å². The molecule has 1 N–H and O–H groups in total. The molecule has 0 aromatic heterocycles. The van der Waals surface area contributed by atoms with Crippen LogP contribution in [0, 0.1) is 5.92 Å². The molecule has 0 bridgehead atoms. The third-order valence-corrected chi connectivity index (χ3v) is 3.42. The summed E-state index contributed by atoms with van der Waals surface area (Å²) in [5.41, 5.74) is -0.0530. The van der Waals surface area contributed by atoms with Gasteiger partial charge in [0, 0.05) is 16.8 Å². The number of amides is 1. The standard InChI is InChI=1S/C12H24BrNO/c1-5-7-10(3)11(15)14-12(4,6-2)8-9-13/h10H,5-9H2,1-4H3,(H,14,15). The van der Waals surface area contributed by atoms with Crippen molar-refractivity contribution >= 4 is 21.8 Å². The highest BCUT2D eigenvalue weighted by Gasteiger charge is 2.25. The van der Waals surface area contributed by atoms with Gasteiger partial charge >= 0.3 is 0 Å². The third-order valence-electron chi connectivity index (χ3n) is 3.02. The van der Waals surface area contributed by atoms with Crippen molar-refractivity contribution in [2.24, 2.45) is 5.92 Å². The van der Waals surface area contributed by atoms with Gasteiger partial charge in [-0.15, -0.1) is 0 Å². The van der Waals surface area contributed by atoms with E-state index in [0.29, 0.717) is 0 Å². The van der Waals surface area contributed by atoms with Crippen LogP contribution in [0.5, 0.6) is 0 Å². The van der Waals surface area contributed by atoms with E-state index >= 15 is 0 Å². The molecule has 0 heterocycles. The fraction of sp³-hybridized carbons (Fsp3) is 0.917. The molecule has 15 heavy (non-hydrogen) atoms. The summed E-state index contributed by atoms with van der Waals surface area (Å²) in [6.07, 6.45) is 3.99. The molecular weight excluding hydrogens is 254 g/mol. The van der Waals surface area contributed by atoms with Gasteiger partial charge in [0.1, 0.15) is 0 Å². The maximum atomic E-state index is 11.9. The molecule has 0 aromatic rings. The second kappa shape index (κ2) is 7.26. The number of alkyl halides is 1. The minimum atomic E-state index is -0.0530. The zero-order valence-corrected chi connectivity index (χ0v) is 12.0. The van der Waals surface area contributed by atoms with Gasteiger partial charge in [-0.2, -0.15) is 0 Å². The normalized spacial score (nSPS) is 16.9. The molecule has 0 aliphatic carbocycles. The van der Waals surface area contributed by atoms with Crippen molar-refractivity contribution in [1.29, 1.82) is 0 Å². The number of nitrogens with one attached hydrogen (secondary N) is 1. The Hall–Kier alpha value is -0.0500. The van der Waals surface area contributed by atoms with Gasteiger partial charge in [0.15, 0.2) is 0 Å². The van der Waals surface area contributed by atoms with Crippen LogP contribution in [0.3, 0.4) is 0 Å². The summed E-state index contributed by atoms with van der Waals surface area (Å²) >= 11 is 3.43. The maximum absolute atomic E-state index is 11.9. The van der Waals surface area contributed by atoms with E-state index in [9.17, 15) is 4.79 Å². The largest absolute Gasteiger partial charge is 0.351 e. The van der Waals surface area contributed by atoms with Crippen LogP contribution in [0.2, 0.25) is 0 Å². The molecule has 0 radical (unpaired) electrons. The van der Waals surface area contributed by atoms with E-state index in [1.807, 2.05) is 6.92 Å². The Morgan fingerprint density at radius 2 is 2.07 bits per heavy atom. The lowest BCUT2D eigenvalue weighted by Crippen LogP contribution is -2.47. The van der Waals surface area contributed by atoms with Crippen molar-refractivity contribution < 1.29 is 4.79 Å². The highest BCUT2D eigenvalue weighted by molar-refractivity contribution is 9.09. The number of halogens is 1. The molecule has 2 unspecified atom stereocenters. The Labute approximate surface area is 102 Å². The second-order valence-electron chi connectivity index (χ2n) is 4.53.